The minimum atomic E-state index is -0.554. The number of allylic oxidation sites excluding steroid dienone is 4. The van der Waals surface area contributed by atoms with Crippen molar-refractivity contribution in [3.05, 3.63) is 36.5 Å². The second-order valence-corrected chi connectivity index (χ2v) is 6.48. The largest absolute Gasteiger partial charge is 0.389 e. The predicted molar refractivity (Wildman–Crippen MR) is 109 cm³/mol. The molecule has 0 fully saturated rings. The number of nitrogens with zero attached hydrogens (tertiary/aromatic N) is 1. The molecule has 0 spiro atoms. The fraction of sp³-hybridized carbons (Fsp3) is 0.591. The third-order valence-corrected chi connectivity index (χ3v) is 3.73. The van der Waals surface area contributed by atoms with Gasteiger partial charge in [-0.15, -0.1) is 11.8 Å². The Morgan fingerprint density at radius 2 is 1.62 bits per heavy atom. The topological polar surface area (TPSA) is 60.8 Å². The number of amides is 1. The van der Waals surface area contributed by atoms with Crippen molar-refractivity contribution >= 4 is 5.91 Å². The molecule has 0 rings (SSSR count). The summed E-state index contributed by atoms with van der Waals surface area (Å²) >= 11 is 0. The maximum Gasteiger partial charge on any atom is 0.222 e. The highest BCUT2D eigenvalue weighted by Gasteiger charge is 2.05. The molecule has 0 aliphatic rings. The number of carbonyl (C=O) groups excluding carboxylic acids is 1. The second-order valence-electron chi connectivity index (χ2n) is 6.48. The van der Waals surface area contributed by atoms with Crippen molar-refractivity contribution in [2.45, 2.75) is 70.5 Å². The van der Waals surface area contributed by atoms with Crippen LogP contribution in [0.3, 0.4) is 0 Å². The monoisotopic (exact) mass is 361 g/mol. The lowest BCUT2D eigenvalue weighted by Gasteiger charge is -2.10. The van der Waals surface area contributed by atoms with Crippen LogP contribution in [0.4, 0.5) is 0 Å². The van der Waals surface area contributed by atoms with Crippen LogP contribution in [0.25, 0.3) is 0 Å². The Balaban J connectivity index is 3.89. The van der Waals surface area contributed by atoms with Gasteiger partial charge in [0, 0.05) is 33.4 Å². The third kappa shape index (κ3) is 15.7. The number of carbonyl (C=O) groups is 1. The molecule has 26 heavy (non-hydrogen) atoms. The van der Waals surface area contributed by atoms with Crippen LogP contribution >= 0.6 is 0 Å². The van der Waals surface area contributed by atoms with E-state index >= 15 is 0 Å². The van der Waals surface area contributed by atoms with E-state index in [2.05, 4.69) is 18.8 Å². The molecule has 2 N–H and O–H groups in total. The van der Waals surface area contributed by atoms with Crippen molar-refractivity contribution in [3.63, 3.8) is 0 Å². The second kappa shape index (κ2) is 16.6. The molecule has 0 bridgehead atoms. The Morgan fingerprint density at radius 3 is 2.23 bits per heavy atom. The van der Waals surface area contributed by atoms with Crippen LogP contribution in [0.1, 0.15) is 58.3 Å². The first kappa shape index (κ1) is 24.2. The summed E-state index contributed by atoms with van der Waals surface area (Å²) in [5.74, 6) is 6.15. The average molecular weight is 362 g/mol. The summed E-state index contributed by atoms with van der Waals surface area (Å²) in [5, 5.41) is 19.6. The zero-order chi connectivity index (χ0) is 19.6. The molecule has 0 aromatic carbocycles. The molecule has 0 aromatic heterocycles. The molecule has 0 aromatic rings. The molecule has 146 valence electrons. The van der Waals surface area contributed by atoms with Gasteiger partial charge in [0.15, 0.2) is 0 Å². The number of aliphatic hydroxyl groups excluding tert-OH is 2. The van der Waals surface area contributed by atoms with Crippen LogP contribution in [0.2, 0.25) is 0 Å². The van der Waals surface area contributed by atoms with E-state index in [-0.39, 0.29) is 5.91 Å². The SMILES string of the molecule is CCCCCC#CCC(O)C=CC=CC=CC(O)CCCC(=O)N(C)C. The molecule has 4 nitrogen and oxygen atoms in total. The van der Waals surface area contributed by atoms with Crippen LogP contribution in [0, 0.1) is 11.8 Å². The van der Waals surface area contributed by atoms with Crippen molar-refractivity contribution in [2.24, 2.45) is 0 Å². The van der Waals surface area contributed by atoms with Crippen molar-refractivity contribution < 1.29 is 15.0 Å². The standard InChI is InChI=1S/C22H35NO3/c1-4-5-6-7-8-11-15-20(24)16-12-9-10-13-17-21(25)18-14-19-22(26)23(2)3/h9-10,12-13,16-17,20-21,24-25H,4-7,14-15,18-19H2,1-3H3. The highest BCUT2D eigenvalue weighted by molar-refractivity contribution is 5.75. The smallest absolute Gasteiger partial charge is 0.222 e. The summed E-state index contributed by atoms with van der Waals surface area (Å²) in [5.41, 5.74) is 0. The third-order valence-electron chi connectivity index (χ3n) is 3.73. The first-order valence-electron chi connectivity index (χ1n) is 9.51. The Hall–Kier alpha value is -1.83. The Bertz CT molecular complexity index is 509. The molecule has 1 amide bonds. The van der Waals surface area contributed by atoms with Crippen LogP contribution in [-0.4, -0.2) is 47.3 Å². The Labute approximate surface area is 159 Å². The lowest BCUT2D eigenvalue weighted by Crippen LogP contribution is -2.21. The van der Waals surface area contributed by atoms with Crippen molar-refractivity contribution in [3.8, 4) is 11.8 Å². The number of aliphatic hydroxyl groups is 2. The van der Waals surface area contributed by atoms with Gasteiger partial charge in [0.05, 0.1) is 12.2 Å². The number of unbranched alkanes of at least 4 members (excludes halogenated alkanes) is 3. The summed E-state index contributed by atoms with van der Waals surface area (Å²) in [6, 6.07) is 0. The van der Waals surface area contributed by atoms with E-state index in [1.54, 1.807) is 55.5 Å². The van der Waals surface area contributed by atoms with Crippen molar-refractivity contribution in [2.75, 3.05) is 14.1 Å². The van der Waals surface area contributed by atoms with Crippen molar-refractivity contribution in [1.29, 1.82) is 0 Å². The highest BCUT2D eigenvalue weighted by atomic mass is 16.3. The molecular weight excluding hydrogens is 326 g/mol. The molecule has 0 radical (unpaired) electrons. The van der Waals surface area contributed by atoms with E-state index in [1.807, 2.05) is 0 Å². The van der Waals surface area contributed by atoms with Crippen molar-refractivity contribution in [1.82, 2.24) is 4.90 Å². The van der Waals surface area contributed by atoms with E-state index in [0.717, 1.165) is 12.8 Å². The normalized spacial score (nSPS) is 13.9. The summed E-state index contributed by atoms with van der Waals surface area (Å²) in [4.78, 5) is 13.0. The van der Waals surface area contributed by atoms with Gasteiger partial charge in [0.1, 0.15) is 0 Å². The number of rotatable bonds is 12. The zero-order valence-corrected chi connectivity index (χ0v) is 16.5. The van der Waals surface area contributed by atoms with E-state index < -0.39 is 12.2 Å². The van der Waals surface area contributed by atoms with Gasteiger partial charge < -0.3 is 15.1 Å². The van der Waals surface area contributed by atoms with Gasteiger partial charge in [-0.05, 0) is 19.3 Å². The molecule has 4 heteroatoms. The lowest BCUT2D eigenvalue weighted by atomic mass is 10.1. The fourth-order valence-corrected chi connectivity index (χ4v) is 2.09. The number of hydrogen-bond donors (Lipinski definition) is 2. The van der Waals surface area contributed by atoms with E-state index in [0.29, 0.717) is 25.7 Å². The Morgan fingerprint density at radius 1 is 0.962 bits per heavy atom. The quantitative estimate of drug-likeness (QED) is 0.317. The molecule has 0 saturated carbocycles. The Kier molecular flexibility index (Phi) is 15.5. The van der Waals surface area contributed by atoms with Gasteiger partial charge in [-0.2, -0.15) is 0 Å². The zero-order valence-electron chi connectivity index (χ0n) is 16.5. The van der Waals surface area contributed by atoms with Crippen LogP contribution < -0.4 is 0 Å². The highest BCUT2D eigenvalue weighted by Crippen LogP contribution is 2.04. The van der Waals surface area contributed by atoms with Gasteiger partial charge in [0.25, 0.3) is 0 Å². The van der Waals surface area contributed by atoms with Crippen LogP contribution in [0.5, 0.6) is 0 Å². The van der Waals surface area contributed by atoms with E-state index in [9.17, 15) is 15.0 Å². The van der Waals surface area contributed by atoms with Gasteiger partial charge >= 0.3 is 0 Å². The molecule has 0 heterocycles. The minimum absolute atomic E-state index is 0.0791. The first-order chi connectivity index (χ1) is 12.5. The number of hydrogen-bond acceptors (Lipinski definition) is 3. The van der Waals surface area contributed by atoms with Gasteiger partial charge in [0.2, 0.25) is 5.91 Å². The van der Waals surface area contributed by atoms with Gasteiger partial charge in [-0.25, -0.2) is 0 Å². The van der Waals surface area contributed by atoms with E-state index in [4.69, 9.17) is 0 Å². The lowest BCUT2D eigenvalue weighted by molar-refractivity contribution is -0.128. The summed E-state index contributed by atoms with van der Waals surface area (Å²) in [6.45, 7) is 2.17. The van der Waals surface area contributed by atoms with Crippen LogP contribution in [-0.2, 0) is 4.79 Å². The maximum absolute atomic E-state index is 11.4. The molecule has 2 unspecified atom stereocenters. The minimum Gasteiger partial charge on any atom is -0.389 e. The summed E-state index contributed by atoms with van der Waals surface area (Å²) in [6.07, 6.45) is 16.0. The van der Waals surface area contributed by atoms with Gasteiger partial charge in [-0.1, -0.05) is 56.2 Å². The van der Waals surface area contributed by atoms with Crippen LogP contribution in [0.15, 0.2) is 36.5 Å². The van der Waals surface area contributed by atoms with E-state index in [1.165, 1.54) is 12.8 Å². The molecule has 0 aliphatic heterocycles. The summed E-state index contributed by atoms with van der Waals surface area (Å²) in [7, 11) is 3.46. The summed E-state index contributed by atoms with van der Waals surface area (Å²) < 4.78 is 0. The first-order valence-corrected chi connectivity index (χ1v) is 9.51. The molecule has 0 aliphatic carbocycles. The predicted octanol–water partition coefficient (Wildman–Crippen LogP) is 3.61. The maximum atomic E-state index is 11.4. The molecule has 0 saturated heterocycles. The average Bonchev–Trinajstić information content (AvgIpc) is 2.60. The fourth-order valence-electron chi connectivity index (χ4n) is 2.09. The molecule has 2 atom stereocenters. The molecular formula is C22H35NO3. The van der Waals surface area contributed by atoms with Gasteiger partial charge in [-0.3, -0.25) is 4.79 Å².